The van der Waals surface area contributed by atoms with Crippen LogP contribution >= 0.6 is 15.9 Å². The molecule has 0 atom stereocenters. The van der Waals surface area contributed by atoms with Crippen LogP contribution in [0.2, 0.25) is 0 Å². The van der Waals surface area contributed by atoms with Gasteiger partial charge in [0.05, 0.1) is 11.6 Å². The number of carbonyl (C=O) groups excluding carboxylic acids is 1. The van der Waals surface area contributed by atoms with Gasteiger partial charge in [-0.25, -0.2) is 5.48 Å². The van der Waals surface area contributed by atoms with E-state index in [1.54, 1.807) is 23.7 Å². The van der Waals surface area contributed by atoms with E-state index < -0.39 is 5.91 Å². The van der Waals surface area contributed by atoms with Gasteiger partial charge in [0.15, 0.2) is 0 Å². The van der Waals surface area contributed by atoms with Crippen LogP contribution in [0.5, 0.6) is 5.75 Å². The van der Waals surface area contributed by atoms with Crippen molar-refractivity contribution in [1.82, 2.24) is 5.48 Å². The van der Waals surface area contributed by atoms with Crippen LogP contribution in [-0.2, 0) is 0 Å². The van der Waals surface area contributed by atoms with Gasteiger partial charge in [-0.2, -0.15) is 0 Å². The molecule has 1 rings (SSSR count). The van der Waals surface area contributed by atoms with Crippen molar-refractivity contribution < 1.29 is 14.7 Å². The maximum absolute atomic E-state index is 10.9. The molecule has 1 amide bonds. The molecule has 13 heavy (non-hydrogen) atoms. The smallest absolute Gasteiger partial charge is 0.274 e. The average Bonchev–Trinajstić information content (AvgIpc) is 2.16. The highest BCUT2D eigenvalue weighted by Crippen LogP contribution is 2.25. The molecular weight excluding hydrogens is 238 g/mol. The van der Waals surface area contributed by atoms with Crippen molar-refractivity contribution in [2.75, 3.05) is 7.11 Å². The summed E-state index contributed by atoms with van der Waals surface area (Å²) in [6, 6.07) is 4.74. The highest BCUT2D eigenvalue weighted by Gasteiger charge is 2.06. The van der Waals surface area contributed by atoms with E-state index in [1.807, 2.05) is 0 Å². The first-order valence-electron chi connectivity index (χ1n) is 3.47. The number of amides is 1. The summed E-state index contributed by atoms with van der Waals surface area (Å²) >= 11 is 3.22. The Kier molecular flexibility index (Phi) is 3.27. The zero-order valence-electron chi connectivity index (χ0n) is 6.87. The average molecular weight is 246 g/mol. The fourth-order valence-corrected chi connectivity index (χ4v) is 1.41. The molecule has 0 radical (unpaired) electrons. The van der Waals surface area contributed by atoms with E-state index >= 15 is 0 Å². The molecule has 0 aliphatic carbocycles. The monoisotopic (exact) mass is 245 g/mol. The van der Waals surface area contributed by atoms with Crippen molar-refractivity contribution in [1.29, 1.82) is 0 Å². The summed E-state index contributed by atoms with van der Waals surface area (Å²) in [5, 5.41) is 8.36. The molecule has 0 fully saturated rings. The molecule has 0 unspecified atom stereocenters. The highest BCUT2D eigenvalue weighted by atomic mass is 79.9. The van der Waals surface area contributed by atoms with E-state index in [4.69, 9.17) is 9.94 Å². The third-order valence-electron chi connectivity index (χ3n) is 1.52. The Hall–Kier alpha value is -1.07. The molecule has 1 aromatic carbocycles. The lowest BCUT2D eigenvalue weighted by atomic mass is 10.2. The van der Waals surface area contributed by atoms with Gasteiger partial charge in [-0.15, -0.1) is 0 Å². The summed E-state index contributed by atoms with van der Waals surface area (Å²) in [4.78, 5) is 10.9. The normalized spacial score (nSPS) is 9.46. The van der Waals surface area contributed by atoms with Gasteiger partial charge >= 0.3 is 0 Å². The topological polar surface area (TPSA) is 58.6 Å². The van der Waals surface area contributed by atoms with Crippen LogP contribution in [0.4, 0.5) is 0 Å². The van der Waals surface area contributed by atoms with Crippen LogP contribution in [0.1, 0.15) is 10.4 Å². The first-order chi connectivity index (χ1) is 6.19. The Balaban J connectivity index is 3.02. The largest absolute Gasteiger partial charge is 0.496 e. The minimum atomic E-state index is -0.552. The molecule has 0 bridgehead atoms. The lowest BCUT2D eigenvalue weighted by Gasteiger charge is -2.04. The number of rotatable bonds is 2. The number of ether oxygens (including phenoxy) is 1. The predicted octanol–water partition coefficient (Wildman–Crippen LogP) is 1.58. The zero-order chi connectivity index (χ0) is 9.84. The number of carbonyl (C=O) groups is 1. The lowest BCUT2D eigenvalue weighted by molar-refractivity contribution is 0.0706. The minimum Gasteiger partial charge on any atom is -0.496 e. The van der Waals surface area contributed by atoms with Gasteiger partial charge in [0.25, 0.3) is 5.91 Å². The zero-order valence-corrected chi connectivity index (χ0v) is 8.46. The second-order valence-corrected chi connectivity index (χ2v) is 3.14. The Morgan fingerprint density at radius 3 is 2.77 bits per heavy atom. The molecule has 1 aromatic rings. The van der Waals surface area contributed by atoms with Crippen LogP contribution in [0.3, 0.4) is 0 Å². The quantitative estimate of drug-likeness (QED) is 0.615. The van der Waals surface area contributed by atoms with E-state index in [0.29, 0.717) is 15.8 Å². The summed E-state index contributed by atoms with van der Waals surface area (Å²) < 4.78 is 5.64. The summed E-state index contributed by atoms with van der Waals surface area (Å²) in [7, 11) is 1.53. The van der Waals surface area contributed by atoms with Crippen molar-refractivity contribution in [3.05, 3.63) is 28.2 Å². The Labute approximate surface area is 83.6 Å². The van der Waals surface area contributed by atoms with Crippen LogP contribution in [0, 0.1) is 0 Å². The summed E-state index contributed by atoms with van der Waals surface area (Å²) in [5.41, 5.74) is 1.90. The van der Waals surface area contributed by atoms with Crippen molar-refractivity contribution in [3.63, 3.8) is 0 Å². The molecule has 0 aromatic heterocycles. The second-order valence-electron chi connectivity index (χ2n) is 2.29. The van der Waals surface area contributed by atoms with E-state index in [2.05, 4.69) is 15.9 Å². The number of hydrogen-bond donors (Lipinski definition) is 2. The third kappa shape index (κ3) is 2.19. The molecule has 0 spiro atoms. The molecule has 70 valence electrons. The molecule has 0 saturated carbocycles. The molecule has 4 nitrogen and oxygen atoms in total. The van der Waals surface area contributed by atoms with Crippen LogP contribution < -0.4 is 10.2 Å². The van der Waals surface area contributed by atoms with Crippen molar-refractivity contribution in [2.24, 2.45) is 0 Å². The fourth-order valence-electron chi connectivity index (χ4n) is 0.872. The summed E-state index contributed by atoms with van der Waals surface area (Å²) in [5.74, 6) is 0.0813. The maximum Gasteiger partial charge on any atom is 0.274 e. The number of nitrogens with one attached hydrogen (secondary N) is 1. The summed E-state index contributed by atoms with van der Waals surface area (Å²) in [6.07, 6.45) is 0. The Morgan fingerprint density at radius 1 is 1.62 bits per heavy atom. The van der Waals surface area contributed by atoms with E-state index in [-0.39, 0.29) is 0 Å². The van der Waals surface area contributed by atoms with Crippen LogP contribution in [0.25, 0.3) is 0 Å². The molecule has 0 aliphatic rings. The highest BCUT2D eigenvalue weighted by molar-refractivity contribution is 9.10. The predicted molar refractivity (Wildman–Crippen MR) is 49.9 cm³/mol. The first-order valence-corrected chi connectivity index (χ1v) is 4.26. The van der Waals surface area contributed by atoms with Crippen molar-refractivity contribution in [3.8, 4) is 5.75 Å². The first kappa shape index (κ1) is 10.0. The fraction of sp³-hybridized carbons (Fsp3) is 0.125. The SMILES string of the molecule is COc1ccc(C(=O)NO)cc1Br. The van der Waals surface area contributed by atoms with Crippen molar-refractivity contribution in [2.45, 2.75) is 0 Å². The molecule has 0 saturated heterocycles. The number of halogens is 1. The van der Waals surface area contributed by atoms with Crippen molar-refractivity contribution >= 4 is 21.8 Å². The standard InChI is InChI=1S/C8H8BrNO3/c1-13-7-3-2-5(4-6(7)9)8(11)10-12/h2-4,12H,1H3,(H,10,11). The molecule has 2 N–H and O–H groups in total. The minimum absolute atomic E-state index is 0.357. The van der Waals surface area contributed by atoms with Crippen LogP contribution in [-0.4, -0.2) is 18.2 Å². The van der Waals surface area contributed by atoms with E-state index in [9.17, 15) is 4.79 Å². The number of hydroxylamine groups is 1. The van der Waals surface area contributed by atoms with Gasteiger partial charge in [-0.1, -0.05) is 0 Å². The van der Waals surface area contributed by atoms with Gasteiger partial charge < -0.3 is 4.74 Å². The van der Waals surface area contributed by atoms with Gasteiger partial charge in [0.1, 0.15) is 5.75 Å². The van der Waals surface area contributed by atoms with Gasteiger partial charge in [0, 0.05) is 5.56 Å². The second kappa shape index (κ2) is 4.25. The van der Waals surface area contributed by atoms with Gasteiger partial charge in [-0.05, 0) is 34.1 Å². The molecule has 0 heterocycles. The molecule has 5 heteroatoms. The van der Waals surface area contributed by atoms with Crippen LogP contribution in [0.15, 0.2) is 22.7 Å². The number of benzene rings is 1. The Bertz CT molecular complexity index is 327. The van der Waals surface area contributed by atoms with Gasteiger partial charge in [0.2, 0.25) is 0 Å². The number of hydrogen-bond acceptors (Lipinski definition) is 3. The third-order valence-corrected chi connectivity index (χ3v) is 2.14. The maximum atomic E-state index is 10.9. The molecule has 0 aliphatic heterocycles. The molecular formula is C8H8BrNO3. The van der Waals surface area contributed by atoms with Gasteiger partial charge in [-0.3, -0.25) is 10.0 Å². The van der Waals surface area contributed by atoms with E-state index in [1.165, 1.54) is 7.11 Å². The summed E-state index contributed by atoms with van der Waals surface area (Å²) in [6.45, 7) is 0. The van der Waals surface area contributed by atoms with E-state index in [0.717, 1.165) is 0 Å². The lowest BCUT2D eigenvalue weighted by Crippen LogP contribution is -2.18. The Morgan fingerprint density at radius 2 is 2.31 bits per heavy atom. The number of methoxy groups -OCH3 is 1.